The van der Waals surface area contributed by atoms with Crippen molar-refractivity contribution in [2.24, 2.45) is 5.73 Å². The molecule has 0 saturated carbocycles. The molecule has 0 spiro atoms. The fourth-order valence-corrected chi connectivity index (χ4v) is 0.205. The summed E-state index contributed by atoms with van der Waals surface area (Å²) in [6, 6.07) is 0. The second-order valence-electron chi connectivity index (χ2n) is 1.31. The van der Waals surface area contributed by atoms with Crippen LogP contribution in [-0.2, 0) is 0 Å². The van der Waals surface area contributed by atoms with Crippen LogP contribution in [0.2, 0.25) is 0 Å². The molecular formula is C7H14FN. The Balaban J connectivity index is 0. The maximum Gasteiger partial charge on any atom is 0.108 e. The van der Waals surface area contributed by atoms with Gasteiger partial charge in [-0.05, 0) is 14.0 Å². The first-order valence-electron chi connectivity index (χ1n) is 2.74. The number of rotatable bonds is 2. The minimum atomic E-state index is -0.391. The Hall–Kier alpha value is -0.630. The zero-order valence-corrected chi connectivity index (χ0v) is 6.02. The third-order valence-electron chi connectivity index (χ3n) is 0.721. The maximum atomic E-state index is 11.3. The molecule has 0 saturated heterocycles. The van der Waals surface area contributed by atoms with Crippen molar-refractivity contribution in [3.63, 3.8) is 0 Å². The molecule has 0 fully saturated rings. The molecular weight excluding hydrogens is 117 g/mol. The quantitative estimate of drug-likeness (QED) is 0.567. The maximum absolute atomic E-state index is 11.3. The van der Waals surface area contributed by atoms with Crippen LogP contribution in [0, 0.1) is 0 Å². The van der Waals surface area contributed by atoms with Crippen molar-refractivity contribution in [1.82, 2.24) is 0 Å². The van der Waals surface area contributed by atoms with E-state index in [2.05, 4.69) is 12.3 Å². The Labute approximate surface area is 56.1 Å². The van der Waals surface area contributed by atoms with Crippen LogP contribution in [0.1, 0.15) is 6.92 Å². The Bertz CT molecular complexity index is 86.9. The smallest absolute Gasteiger partial charge is 0.108 e. The summed E-state index contributed by atoms with van der Waals surface area (Å²) >= 11 is 0. The summed E-state index contributed by atoms with van der Waals surface area (Å²) in [6.45, 7) is 4.87. The number of hydrogen-bond acceptors (Lipinski definition) is 1. The van der Waals surface area contributed by atoms with Crippen LogP contribution < -0.4 is 5.73 Å². The van der Waals surface area contributed by atoms with E-state index in [1.165, 1.54) is 13.1 Å². The van der Waals surface area contributed by atoms with Gasteiger partial charge in [-0.1, -0.05) is 24.3 Å². The van der Waals surface area contributed by atoms with Gasteiger partial charge in [0, 0.05) is 0 Å². The van der Waals surface area contributed by atoms with Gasteiger partial charge in [-0.2, -0.15) is 0 Å². The summed E-state index contributed by atoms with van der Waals surface area (Å²) in [5.41, 5.74) is 5.39. The number of halogens is 1. The molecule has 2 N–H and O–H groups in total. The van der Waals surface area contributed by atoms with Crippen molar-refractivity contribution in [3.05, 3.63) is 24.3 Å². The molecule has 0 radical (unpaired) electrons. The van der Waals surface area contributed by atoms with Gasteiger partial charge in [0.05, 0.1) is 0 Å². The van der Waals surface area contributed by atoms with E-state index in [0.717, 1.165) is 5.57 Å². The number of allylic oxidation sites excluding steroid dienone is 3. The third-order valence-corrected chi connectivity index (χ3v) is 0.721. The van der Waals surface area contributed by atoms with Crippen LogP contribution in [0.3, 0.4) is 0 Å². The highest BCUT2D eigenvalue weighted by Gasteiger charge is 1.73. The van der Waals surface area contributed by atoms with Gasteiger partial charge in [-0.3, -0.25) is 0 Å². The molecule has 0 atom stereocenters. The highest BCUT2D eigenvalue weighted by atomic mass is 19.1. The molecule has 0 heterocycles. The standard InChI is InChI=1S/C6H9F.CH5N/c1-3-6(2)4-5-7;1-2/h3-4H,1,5H2,2H3;2H2,1H3/b6-4-;. The van der Waals surface area contributed by atoms with E-state index in [4.69, 9.17) is 0 Å². The molecule has 0 aromatic heterocycles. The lowest BCUT2D eigenvalue weighted by Crippen LogP contribution is -1.69. The highest BCUT2D eigenvalue weighted by Crippen LogP contribution is 1.90. The SMILES string of the molecule is C=C/C(C)=C\CF.CN. The summed E-state index contributed by atoms with van der Waals surface area (Å²) in [4.78, 5) is 0. The molecule has 0 aliphatic rings. The van der Waals surface area contributed by atoms with Gasteiger partial charge in [-0.15, -0.1) is 0 Å². The van der Waals surface area contributed by atoms with Gasteiger partial charge in [0.25, 0.3) is 0 Å². The lowest BCUT2D eigenvalue weighted by atomic mass is 10.3. The Kier molecular flexibility index (Phi) is 12.9. The summed E-state index contributed by atoms with van der Waals surface area (Å²) in [5.74, 6) is 0. The van der Waals surface area contributed by atoms with Gasteiger partial charge in [0.2, 0.25) is 0 Å². The molecule has 0 aromatic rings. The lowest BCUT2D eigenvalue weighted by molar-refractivity contribution is 0.560. The number of nitrogens with two attached hydrogens (primary N) is 1. The van der Waals surface area contributed by atoms with Gasteiger partial charge in [-0.25, -0.2) is 4.39 Å². The number of alkyl halides is 1. The first-order valence-corrected chi connectivity index (χ1v) is 2.74. The highest BCUT2D eigenvalue weighted by molar-refractivity contribution is 5.12. The molecule has 9 heavy (non-hydrogen) atoms. The molecule has 0 aliphatic heterocycles. The molecule has 0 rings (SSSR count). The van der Waals surface area contributed by atoms with Gasteiger partial charge >= 0.3 is 0 Å². The molecule has 0 unspecified atom stereocenters. The fourth-order valence-electron chi connectivity index (χ4n) is 0.205. The predicted octanol–water partition coefficient (Wildman–Crippen LogP) is 1.66. The topological polar surface area (TPSA) is 26.0 Å². The fraction of sp³-hybridized carbons (Fsp3) is 0.429. The zero-order valence-electron chi connectivity index (χ0n) is 6.02. The lowest BCUT2D eigenvalue weighted by Gasteiger charge is -1.81. The number of hydrogen-bond donors (Lipinski definition) is 1. The van der Waals surface area contributed by atoms with E-state index >= 15 is 0 Å². The second-order valence-corrected chi connectivity index (χ2v) is 1.31. The van der Waals surface area contributed by atoms with E-state index in [1.54, 1.807) is 6.08 Å². The third kappa shape index (κ3) is 11.1. The van der Waals surface area contributed by atoms with Crippen LogP contribution in [0.25, 0.3) is 0 Å². The van der Waals surface area contributed by atoms with Crippen LogP contribution in [0.15, 0.2) is 24.3 Å². The largest absolute Gasteiger partial charge is 0.333 e. The molecule has 1 nitrogen and oxygen atoms in total. The summed E-state index contributed by atoms with van der Waals surface area (Å²) in [7, 11) is 1.50. The molecule has 0 aromatic carbocycles. The summed E-state index contributed by atoms with van der Waals surface area (Å²) in [5, 5.41) is 0. The first-order chi connectivity index (χ1) is 4.31. The Morgan fingerprint density at radius 2 is 2.11 bits per heavy atom. The van der Waals surface area contributed by atoms with Gasteiger partial charge < -0.3 is 5.73 Å². The van der Waals surface area contributed by atoms with E-state index in [-0.39, 0.29) is 0 Å². The van der Waals surface area contributed by atoms with E-state index in [9.17, 15) is 4.39 Å². The zero-order chi connectivity index (χ0) is 7.70. The average molecular weight is 131 g/mol. The second kappa shape index (κ2) is 10.4. The van der Waals surface area contributed by atoms with Crippen LogP contribution in [0.4, 0.5) is 4.39 Å². The van der Waals surface area contributed by atoms with Crippen molar-refractivity contribution >= 4 is 0 Å². The van der Waals surface area contributed by atoms with Crippen LogP contribution >= 0.6 is 0 Å². The first kappa shape index (κ1) is 11.2. The minimum absolute atomic E-state index is 0.391. The van der Waals surface area contributed by atoms with Gasteiger partial charge in [0.1, 0.15) is 6.67 Å². The Morgan fingerprint density at radius 1 is 1.67 bits per heavy atom. The van der Waals surface area contributed by atoms with Crippen molar-refractivity contribution < 1.29 is 4.39 Å². The van der Waals surface area contributed by atoms with Crippen molar-refractivity contribution in [2.45, 2.75) is 6.92 Å². The minimum Gasteiger partial charge on any atom is -0.333 e. The monoisotopic (exact) mass is 131 g/mol. The molecule has 0 amide bonds. The Morgan fingerprint density at radius 3 is 2.22 bits per heavy atom. The summed E-state index contributed by atoms with van der Waals surface area (Å²) in [6.07, 6.45) is 3.10. The van der Waals surface area contributed by atoms with Crippen molar-refractivity contribution in [3.8, 4) is 0 Å². The molecule has 0 aliphatic carbocycles. The summed E-state index contributed by atoms with van der Waals surface area (Å²) < 4.78 is 11.3. The predicted molar refractivity (Wildman–Crippen MR) is 40.0 cm³/mol. The van der Waals surface area contributed by atoms with E-state index in [0.29, 0.717) is 0 Å². The van der Waals surface area contributed by atoms with E-state index < -0.39 is 6.67 Å². The molecule has 0 bridgehead atoms. The average Bonchev–Trinajstić information content (AvgIpc) is 1.93. The normalized spacial score (nSPS) is 9.56. The van der Waals surface area contributed by atoms with Crippen LogP contribution in [-0.4, -0.2) is 13.7 Å². The molecule has 54 valence electrons. The van der Waals surface area contributed by atoms with Crippen molar-refractivity contribution in [1.29, 1.82) is 0 Å². The van der Waals surface area contributed by atoms with Crippen LogP contribution in [0.5, 0.6) is 0 Å². The van der Waals surface area contributed by atoms with Gasteiger partial charge in [0.15, 0.2) is 0 Å². The molecule has 2 heteroatoms. The van der Waals surface area contributed by atoms with E-state index in [1.807, 2.05) is 6.92 Å². The van der Waals surface area contributed by atoms with Crippen molar-refractivity contribution in [2.75, 3.05) is 13.7 Å².